The van der Waals surface area contributed by atoms with Gasteiger partial charge in [-0.2, -0.15) is 0 Å². The third-order valence-corrected chi connectivity index (χ3v) is 6.44. The first-order chi connectivity index (χ1) is 14.2. The van der Waals surface area contributed by atoms with Crippen LogP contribution in [0.5, 0.6) is 0 Å². The Morgan fingerprint density at radius 2 is 1.83 bits per heavy atom. The summed E-state index contributed by atoms with van der Waals surface area (Å²) in [7, 11) is 0. The molecule has 1 aliphatic rings. The highest BCUT2D eigenvalue weighted by Gasteiger charge is 2.38. The van der Waals surface area contributed by atoms with Crippen molar-refractivity contribution < 1.29 is 9.50 Å². The second kappa shape index (κ2) is 8.93. The third kappa shape index (κ3) is 4.95. The van der Waals surface area contributed by atoms with Gasteiger partial charge in [0.2, 0.25) is 0 Å². The minimum Gasteiger partial charge on any atom is -0.396 e. The molecule has 1 aromatic heterocycles. The molecule has 1 N–H and O–H groups in total. The summed E-state index contributed by atoms with van der Waals surface area (Å²) in [5, 5.41) is 11.1. The summed E-state index contributed by atoms with van der Waals surface area (Å²) in [6.07, 6.45) is 3.21. The lowest BCUT2D eigenvalue weighted by Crippen LogP contribution is -2.32. The molecule has 1 atom stereocenters. The highest BCUT2D eigenvalue weighted by atomic mass is 32.2. The van der Waals surface area contributed by atoms with Gasteiger partial charge in [-0.15, -0.1) is 11.8 Å². The Morgan fingerprint density at radius 3 is 2.59 bits per heavy atom. The Morgan fingerprint density at radius 1 is 1.03 bits per heavy atom. The van der Waals surface area contributed by atoms with Crippen molar-refractivity contribution in [3.05, 3.63) is 83.9 Å². The number of anilines is 1. The van der Waals surface area contributed by atoms with Crippen LogP contribution in [0, 0.1) is 11.2 Å². The van der Waals surface area contributed by atoms with E-state index in [1.165, 1.54) is 17.7 Å². The van der Waals surface area contributed by atoms with Crippen LogP contribution in [0.2, 0.25) is 0 Å². The Balaban J connectivity index is 1.43. The molecule has 3 aromatic rings. The molecule has 6 heteroatoms. The van der Waals surface area contributed by atoms with Gasteiger partial charge in [0.1, 0.15) is 23.0 Å². The topological polar surface area (TPSA) is 49.2 Å². The van der Waals surface area contributed by atoms with Crippen molar-refractivity contribution in [1.29, 1.82) is 0 Å². The maximum atomic E-state index is 13.2. The van der Waals surface area contributed by atoms with E-state index in [4.69, 9.17) is 0 Å². The largest absolute Gasteiger partial charge is 0.396 e. The standard InChI is InChI=1S/C23H24FN3OS/c24-20-8-6-18(7-9-20)13-23(16-28)10-11-27(15-23)21-12-22(26-17-25-21)29-14-19-4-2-1-3-5-19/h1-9,12,17,28H,10-11,13-16H2. The molecule has 0 amide bonds. The molecule has 2 heterocycles. The smallest absolute Gasteiger partial charge is 0.133 e. The summed E-state index contributed by atoms with van der Waals surface area (Å²) in [4.78, 5) is 11.1. The first-order valence-corrected chi connectivity index (χ1v) is 10.7. The van der Waals surface area contributed by atoms with Crippen LogP contribution >= 0.6 is 11.8 Å². The van der Waals surface area contributed by atoms with Crippen molar-refractivity contribution in [2.75, 3.05) is 24.6 Å². The van der Waals surface area contributed by atoms with E-state index < -0.39 is 0 Å². The maximum absolute atomic E-state index is 13.2. The summed E-state index contributed by atoms with van der Waals surface area (Å²) < 4.78 is 13.2. The average Bonchev–Trinajstić information content (AvgIpc) is 3.20. The van der Waals surface area contributed by atoms with E-state index in [0.29, 0.717) is 0 Å². The SMILES string of the molecule is OCC1(Cc2ccc(F)cc2)CCN(c2cc(SCc3ccccc3)ncn2)C1. The maximum Gasteiger partial charge on any atom is 0.133 e. The first kappa shape index (κ1) is 19.9. The molecule has 29 heavy (non-hydrogen) atoms. The van der Waals surface area contributed by atoms with E-state index in [9.17, 15) is 9.50 Å². The molecule has 150 valence electrons. The number of aliphatic hydroxyl groups excluding tert-OH is 1. The molecular formula is C23H24FN3OS. The van der Waals surface area contributed by atoms with Crippen molar-refractivity contribution >= 4 is 17.6 Å². The monoisotopic (exact) mass is 409 g/mol. The lowest BCUT2D eigenvalue weighted by molar-refractivity contribution is 0.144. The molecule has 0 bridgehead atoms. The number of aromatic nitrogens is 2. The Bertz CT molecular complexity index is 938. The quantitative estimate of drug-likeness (QED) is 0.465. The van der Waals surface area contributed by atoms with Crippen LogP contribution in [0.15, 0.2) is 72.0 Å². The van der Waals surface area contributed by atoms with Gasteiger partial charge in [-0.05, 0) is 36.1 Å². The first-order valence-electron chi connectivity index (χ1n) is 9.75. The van der Waals surface area contributed by atoms with Crippen LogP contribution in [0.1, 0.15) is 17.5 Å². The molecule has 0 aliphatic carbocycles. The van der Waals surface area contributed by atoms with Gasteiger partial charge in [-0.1, -0.05) is 42.5 Å². The Labute approximate surface area is 174 Å². The van der Waals surface area contributed by atoms with E-state index >= 15 is 0 Å². The average molecular weight is 410 g/mol. The normalized spacial score (nSPS) is 18.9. The van der Waals surface area contributed by atoms with Gasteiger partial charge in [-0.25, -0.2) is 14.4 Å². The van der Waals surface area contributed by atoms with Gasteiger partial charge < -0.3 is 10.0 Å². The predicted molar refractivity (Wildman–Crippen MR) is 114 cm³/mol. The Hall–Kier alpha value is -2.44. The molecule has 0 radical (unpaired) electrons. The van der Waals surface area contributed by atoms with Gasteiger partial charge in [0, 0.05) is 30.3 Å². The van der Waals surface area contributed by atoms with Gasteiger partial charge in [0.15, 0.2) is 0 Å². The van der Waals surface area contributed by atoms with Gasteiger partial charge >= 0.3 is 0 Å². The van der Waals surface area contributed by atoms with Gasteiger partial charge in [0.05, 0.1) is 6.61 Å². The third-order valence-electron chi connectivity index (χ3n) is 5.45. The molecular weight excluding hydrogens is 385 g/mol. The zero-order valence-electron chi connectivity index (χ0n) is 16.2. The number of thioether (sulfide) groups is 1. The highest BCUT2D eigenvalue weighted by Crippen LogP contribution is 2.36. The zero-order chi connectivity index (χ0) is 20.1. The lowest BCUT2D eigenvalue weighted by Gasteiger charge is -2.27. The molecule has 4 nitrogen and oxygen atoms in total. The van der Waals surface area contributed by atoms with Gasteiger partial charge in [0.25, 0.3) is 0 Å². The van der Waals surface area contributed by atoms with Crippen LogP contribution in [-0.4, -0.2) is 34.8 Å². The van der Waals surface area contributed by atoms with Crippen LogP contribution in [-0.2, 0) is 12.2 Å². The van der Waals surface area contributed by atoms with Crippen molar-refractivity contribution in [3.63, 3.8) is 0 Å². The van der Waals surface area contributed by atoms with Crippen molar-refractivity contribution in [2.45, 2.75) is 23.6 Å². The summed E-state index contributed by atoms with van der Waals surface area (Å²) in [5.41, 5.74) is 2.07. The molecule has 2 aromatic carbocycles. The fourth-order valence-corrected chi connectivity index (χ4v) is 4.63. The molecule has 0 spiro atoms. The number of halogens is 1. The van der Waals surface area contributed by atoms with Crippen LogP contribution in [0.4, 0.5) is 10.2 Å². The van der Waals surface area contributed by atoms with Crippen LogP contribution in [0.25, 0.3) is 0 Å². The van der Waals surface area contributed by atoms with E-state index in [0.717, 1.165) is 48.1 Å². The minimum atomic E-state index is -0.236. The molecule has 0 saturated carbocycles. The van der Waals surface area contributed by atoms with Crippen molar-refractivity contribution in [2.24, 2.45) is 5.41 Å². The van der Waals surface area contributed by atoms with Crippen LogP contribution < -0.4 is 4.90 Å². The van der Waals surface area contributed by atoms with E-state index in [-0.39, 0.29) is 17.8 Å². The second-order valence-electron chi connectivity index (χ2n) is 7.62. The molecule has 1 saturated heterocycles. The Kier molecular flexibility index (Phi) is 6.11. The van der Waals surface area contributed by atoms with Crippen LogP contribution in [0.3, 0.4) is 0 Å². The molecule has 4 rings (SSSR count). The summed E-state index contributed by atoms with van der Waals surface area (Å²) in [6.45, 7) is 1.66. The van der Waals surface area contributed by atoms with Gasteiger partial charge in [-0.3, -0.25) is 0 Å². The predicted octanol–water partition coefficient (Wildman–Crippen LogP) is 4.34. The second-order valence-corrected chi connectivity index (χ2v) is 8.62. The van der Waals surface area contributed by atoms with E-state index in [1.807, 2.05) is 24.3 Å². The lowest BCUT2D eigenvalue weighted by atomic mass is 9.81. The number of benzene rings is 2. The van der Waals surface area contributed by atoms with E-state index in [1.54, 1.807) is 30.2 Å². The molecule has 1 fully saturated rings. The van der Waals surface area contributed by atoms with E-state index in [2.05, 4.69) is 27.0 Å². The fourth-order valence-electron chi connectivity index (χ4n) is 3.81. The summed E-state index contributed by atoms with van der Waals surface area (Å²) in [5.74, 6) is 1.52. The molecule has 1 unspecified atom stereocenters. The van der Waals surface area contributed by atoms with Crippen molar-refractivity contribution in [3.8, 4) is 0 Å². The number of rotatable bonds is 7. The minimum absolute atomic E-state index is 0.0988. The summed E-state index contributed by atoms with van der Waals surface area (Å²) in [6, 6.07) is 18.9. The zero-order valence-corrected chi connectivity index (χ0v) is 17.0. The number of aliphatic hydroxyl groups is 1. The highest BCUT2D eigenvalue weighted by molar-refractivity contribution is 7.98. The molecule has 1 aliphatic heterocycles. The number of hydrogen-bond donors (Lipinski definition) is 1. The number of hydrogen-bond acceptors (Lipinski definition) is 5. The van der Waals surface area contributed by atoms with Crippen molar-refractivity contribution in [1.82, 2.24) is 9.97 Å². The fraction of sp³-hybridized carbons (Fsp3) is 0.304. The summed E-state index contributed by atoms with van der Waals surface area (Å²) >= 11 is 1.69. The number of nitrogens with zero attached hydrogens (tertiary/aromatic N) is 3.